The lowest BCUT2D eigenvalue weighted by atomic mass is 9.65. The Balaban J connectivity index is 0.639. The molecule has 6 aliphatic heterocycles. The number of carbonyl (C=O) groups is 6. The summed E-state index contributed by atoms with van der Waals surface area (Å²) >= 11 is 6.38. The van der Waals surface area contributed by atoms with Crippen LogP contribution in [0.3, 0.4) is 0 Å². The Bertz CT molecular complexity index is 3490. The van der Waals surface area contributed by atoms with E-state index in [1.807, 2.05) is 70.6 Å². The van der Waals surface area contributed by atoms with E-state index in [9.17, 15) is 37.5 Å². The van der Waals surface area contributed by atoms with E-state index >= 15 is 0 Å². The number of fused-ring (bicyclic) bond motifs is 4. The number of halogens is 3. The number of benzene rings is 3. The van der Waals surface area contributed by atoms with Crippen LogP contribution in [0.4, 0.5) is 24.2 Å². The van der Waals surface area contributed by atoms with Crippen molar-refractivity contribution >= 4 is 64.3 Å². The van der Waals surface area contributed by atoms with Gasteiger partial charge in [-0.3, -0.25) is 33.9 Å². The van der Waals surface area contributed by atoms with Gasteiger partial charge in [0.25, 0.3) is 5.91 Å². The highest BCUT2D eigenvalue weighted by Crippen LogP contribution is 2.50. The number of amides is 6. The Labute approximate surface area is 548 Å². The number of likely N-dealkylation sites (tertiary alicyclic amines) is 1. The van der Waals surface area contributed by atoms with Gasteiger partial charge in [0.05, 0.1) is 35.6 Å². The van der Waals surface area contributed by atoms with E-state index in [0.717, 1.165) is 83.7 Å². The summed E-state index contributed by atoms with van der Waals surface area (Å²) in [6.45, 7) is 18.4. The maximum Gasteiger partial charge on any atom is 0.411 e. The third-order valence-corrected chi connectivity index (χ3v) is 19.8. The van der Waals surface area contributed by atoms with E-state index in [1.54, 1.807) is 46.4 Å². The van der Waals surface area contributed by atoms with Crippen LogP contribution in [-0.4, -0.2) is 207 Å². The van der Waals surface area contributed by atoms with Crippen molar-refractivity contribution in [2.75, 3.05) is 110 Å². The molecule has 8 heterocycles. The van der Waals surface area contributed by atoms with Crippen molar-refractivity contribution in [1.82, 2.24) is 55.0 Å². The average molecular weight is 1300 g/mol. The zero-order valence-corrected chi connectivity index (χ0v) is 55.2. The second-order valence-electron chi connectivity index (χ2n) is 28.3. The van der Waals surface area contributed by atoms with Gasteiger partial charge < -0.3 is 49.4 Å². The van der Waals surface area contributed by atoms with E-state index in [-0.39, 0.29) is 53.8 Å². The molecule has 1 unspecified atom stereocenters. The number of nitrogens with one attached hydrogen (secondary N) is 3. The number of nitrogens with zero attached hydrogens (tertiary/aromatic N) is 9. The molecule has 1 saturated carbocycles. The molecule has 7 aliphatic rings. The molecule has 0 radical (unpaired) electrons. The fourth-order valence-corrected chi connectivity index (χ4v) is 14.4. The molecule has 2 bridgehead atoms. The molecule has 1 aliphatic carbocycles. The van der Waals surface area contributed by atoms with Crippen molar-refractivity contribution in [3.63, 3.8) is 0 Å². The van der Waals surface area contributed by atoms with Crippen LogP contribution >= 0.6 is 11.6 Å². The van der Waals surface area contributed by atoms with Gasteiger partial charge >= 0.3 is 12.2 Å². The van der Waals surface area contributed by atoms with Gasteiger partial charge in [-0.15, -0.1) is 0 Å². The molecule has 24 heteroatoms. The monoisotopic (exact) mass is 1300 g/mol. The standard InChI is InChI=1S/C69H89ClF2N12O9/c1-65(2,3)92-63(89)77-69(24-29-80(30-25-69)59-54-18-26-73-58(54)74-46-75-59)61(87)76-56(47-12-15-52(70)16-13-47)19-28-78-31-37-82(38-32-78)62(88)67-20-22-68(23-21-67,91-45-67)44-79-33-35-81(36-34-79)60(86)49-10-7-9-48(39-49)50-11-8-27-83(41-50)57(85)43-84(64(90)93-66(4,5)6)42-51-14-17-53(71)40-55(51)72/h7,9-10,12-18,26,39-40,46,50,56H,8,11,19-25,27-38,41-45H2,1-6H3,(H,76,87)(H,77,89)(H,73,74,75)/t50?,56-,67?,68?/m0/s1. The molecule has 6 saturated heterocycles. The van der Waals surface area contributed by atoms with E-state index in [0.29, 0.717) is 128 Å². The molecule has 0 spiro atoms. The van der Waals surface area contributed by atoms with Gasteiger partial charge in [0.1, 0.15) is 52.7 Å². The van der Waals surface area contributed by atoms with Crippen LogP contribution < -0.4 is 15.5 Å². The first kappa shape index (κ1) is 67.0. The average Bonchev–Trinajstić information content (AvgIpc) is 0.981. The lowest BCUT2D eigenvalue weighted by molar-refractivity contribution is -0.203. The third-order valence-electron chi connectivity index (χ3n) is 19.5. The van der Waals surface area contributed by atoms with Crippen LogP contribution in [0.1, 0.15) is 138 Å². The van der Waals surface area contributed by atoms with Gasteiger partial charge in [0.2, 0.25) is 17.7 Å². The molecule has 5 aromatic rings. The zero-order chi connectivity index (χ0) is 65.9. The molecule has 93 heavy (non-hydrogen) atoms. The molecule has 12 rings (SSSR count). The Morgan fingerprint density at radius 2 is 1.47 bits per heavy atom. The second-order valence-corrected chi connectivity index (χ2v) is 28.8. The molecular formula is C69H89ClF2N12O9. The summed E-state index contributed by atoms with van der Waals surface area (Å²) in [6.07, 6.45) is 7.71. The predicted molar refractivity (Wildman–Crippen MR) is 347 cm³/mol. The Hall–Kier alpha value is -7.47. The van der Waals surface area contributed by atoms with Crippen molar-refractivity contribution < 1.29 is 51.8 Å². The highest BCUT2D eigenvalue weighted by atomic mass is 35.5. The van der Waals surface area contributed by atoms with Gasteiger partial charge in [-0.25, -0.2) is 28.3 Å². The summed E-state index contributed by atoms with van der Waals surface area (Å²) in [5.74, 6) is -1.36. The maximum absolute atomic E-state index is 14.9. The van der Waals surface area contributed by atoms with Gasteiger partial charge in [-0.1, -0.05) is 41.9 Å². The molecule has 21 nitrogen and oxygen atoms in total. The number of anilines is 1. The minimum Gasteiger partial charge on any atom is -0.444 e. The van der Waals surface area contributed by atoms with Crippen LogP contribution in [0.2, 0.25) is 5.02 Å². The van der Waals surface area contributed by atoms with Crippen LogP contribution in [0, 0.1) is 17.0 Å². The smallest absolute Gasteiger partial charge is 0.411 e. The second kappa shape index (κ2) is 27.8. The minimum absolute atomic E-state index is 0.0489. The number of hydrogen-bond acceptors (Lipinski definition) is 14. The fraction of sp³-hybridized carbons (Fsp3) is 0.565. The number of aromatic amines is 1. The molecule has 500 valence electrons. The van der Waals surface area contributed by atoms with Gasteiger partial charge in [-0.2, -0.15) is 0 Å². The number of carbonyl (C=O) groups excluding carboxylic acids is 6. The first-order chi connectivity index (χ1) is 44.3. The number of rotatable bonds is 17. The van der Waals surface area contributed by atoms with Crippen LogP contribution in [-0.2, 0) is 35.1 Å². The number of alkyl carbamates (subject to hydrolysis) is 1. The summed E-state index contributed by atoms with van der Waals surface area (Å²) in [4.78, 5) is 110. The van der Waals surface area contributed by atoms with E-state index in [1.165, 1.54) is 12.4 Å². The number of H-pyrrole nitrogens is 1. The summed E-state index contributed by atoms with van der Waals surface area (Å²) < 4.78 is 46.6. The first-order valence-electron chi connectivity index (χ1n) is 32.9. The lowest BCUT2D eigenvalue weighted by Crippen LogP contribution is -2.64. The normalized spacial score (nSPS) is 22.5. The molecular weight excluding hydrogens is 1210 g/mol. The van der Waals surface area contributed by atoms with Crippen LogP contribution in [0.5, 0.6) is 0 Å². The predicted octanol–water partition coefficient (Wildman–Crippen LogP) is 9.08. The van der Waals surface area contributed by atoms with Gasteiger partial charge in [0, 0.05) is 126 Å². The van der Waals surface area contributed by atoms with Crippen molar-refractivity contribution in [2.45, 2.75) is 140 Å². The van der Waals surface area contributed by atoms with Gasteiger partial charge in [-0.05, 0) is 147 Å². The Kier molecular flexibility index (Phi) is 20.1. The van der Waals surface area contributed by atoms with E-state index in [4.69, 9.17) is 25.8 Å². The highest BCUT2D eigenvalue weighted by molar-refractivity contribution is 6.30. The largest absolute Gasteiger partial charge is 0.444 e. The fourth-order valence-electron chi connectivity index (χ4n) is 14.2. The molecule has 2 aromatic heterocycles. The Morgan fingerprint density at radius 3 is 2.15 bits per heavy atom. The topological polar surface area (TPSA) is 218 Å². The Morgan fingerprint density at radius 1 is 0.774 bits per heavy atom. The zero-order valence-electron chi connectivity index (χ0n) is 54.5. The lowest BCUT2D eigenvalue weighted by Gasteiger charge is -2.55. The van der Waals surface area contributed by atoms with Crippen LogP contribution in [0.25, 0.3) is 11.0 Å². The molecule has 3 N–H and O–H groups in total. The van der Waals surface area contributed by atoms with Crippen LogP contribution in [0.15, 0.2) is 85.3 Å². The van der Waals surface area contributed by atoms with Crippen molar-refractivity contribution in [1.29, 1.82) is 0 Å². The van der Waals surface area contributed by atoms with E-state index in [2.05, 4.69) is 40.3 Å². The van der Waals surface area contributed by atoms with Crippen molar-refractivity contribution in [3.05, 3.63) is 124 Å². The quantitative estimate of drug-likeness (QED) is 0.0791. The molecule has 2 atom stereocenters. The maximum atomic E-state index is 14.9. The highest BCUT2D eigenvalue weighted by Gasteiger charge is 2.55. The SMILES string of the molecule is CC(C)(C)OC(=O)NC1(C(=O)N[C@@H](CCN2CCN(C(=O)C34CCC(CN5CCN(C(=O)c6cccc(C7CCCN(C(=O)CN(Cc8ccc(F)cc8F)C(=O)OC(C)(C)C)C7)c6)CC5)(CC3)OC4)CC2)c2ccc(Cl)cc2)CCN(c2ncnc3[nH]ccc23)CC1. The van der Waals surface area contributed by atoms with Crippen molar-refractivity contribution in [3.8, 4) is 0 Å². The van der Waals surface area contributed by atoms with E-state index < -0.39 is 52.0 Å². The first-order valence-corrected chi connectivity index (χ1v) is 33.3. The summed E-state index contributed by atoms with van der Waals surface area (Å²) in [5, 5.41) is 7.83. The van der Waals surface area contributed by atoms with Gasteiger partial charge in [0.15, 0.2) is 0 Å². The molecule has 6 amide bonds. The number of piperidine rings is 2. The number of piperazine rings is 2. The summed E-state index contributed by atoms with van der Waals surface area (Å²) in [6, 6.07) is 19.8. The number of hydrogen-bond donors (Lipinski definition) is 3. The minimum atomic E-state index is -1.27. The molecule has 3 aromatic carbocycles. The summed E-state index contributed by atoms with van der Waals surface area (Å²) in [5.41, 5.74) is -0.620. The number of ether oxygens (including phenoxy) is 3. The molecule has 7 fully saturated rings. The summed E-state index contributed by atoms with van der Waals surface area (Å²) in [7, 11) is 0. The number of aromatic nitrogens is 3. The van der Waals surface area contributed by atoms with Crippen molar-refractivity contribution in [2.24, 2.45) is 5.41 Å². The third kappa shape index (κ3) is 16.0.